The Hall–Kier alpha value is -4.54. The van der Waals surface area contributed by atoms with Crippen LogP contribution in [0.4, 0.5) is 0 Å². The molecular formula is C33H22O. The standard InChI is InChI=1S/C33H22O/c1-3-12-25(13-4-1)22-23-33(27-16-5-2-6-17-27)24-31(30-19-9-10-21-32(30)34-33)29-20-11-15-26-14-7-8-18-28(26)29/h1-21,24H. The minimum absolute atomic E-state index is 0.833. The molecule has 0 N–H and O–H groups in total. The Bertz CT molecular complexity index is 1560. The number of hydrogen-bond acceptors (Lipinski definition) is 1. The fourth-order valence-corrected chi connectivity index (χ4v) is 4.59. The Morgan fingerprint density at radius 3 is 2.06 bits per heavy atom. The fraction of sp³-hybridized carbons (Fsp3) is 0.0303. The molecule has 1 atom stereocenters. The van der Waals surface area contributed by atoms with Crippen LogP contribution < -0.4 is 4.74 Å². The second-order valence-electron chi connectivity index (χ2n) is 8.40. The summed E-state index contributed by atoms with van der Waals surface area (Å²) in [5, 5.41) is 2.43. The van der Waals surface area contributed by atoms with Gasteiger partial charge in [0.25, 0.3) is 0 Å². The lowest BCUT2D eigenvalue weighted by Crippen LogP contribution is -2.32. The summed E-state index contributed by atoms with van der Waals surface area (Å²) in [5.74, 6) is 7.71. The minimum atomic E-state index is -0.919. The van der Waals surface area contributed by atoms with E-state index in [9.17, 15) is 0 Å². The van der Waals surface area contributed by atoms with Crippen LogP contribution in [-0.4, -0.2) is 0 Å². The molecule has 160 valence electrons. The minimum Gasteiger partial charge on any atom is -0.466 e. The lowest BCUT2D eigenvalue weighted by atomic mass is 9.83. The molecule has 0 bridgehead atoms. The molecule has 0 aliphatic carbocycles. The molecular weight excluding hydrogens is 412 g/mol. The molecule has 0 amide bonds. The maximum absolute atomic E-state index is 6.74. The number of rotatable bonds is 2. The number of benzene rings is 5. The van der Waals surface area contributed by atoms with Crippen molar-refractivity contribution in [3.63, 3.8) is 0 Å². The van der Waals surface area contributed by atoms with Gasteiger partial charge in [-0.1, -0.05) is 115 Å². The summed E-state index contributed by atoms with van der Waals surface area (Å²) < 4.78 is 6.74. The Balaban J connectivity index is 1.65. The number of hydrogen-bond donors (Lipinski definition) is 0. The summed E-state index contributed by atoms with van der Waals surface area (Å²) in [6.45, 7) is 0. The molecule has 0 radical (unpaired) electrons. The number of para-hydroxylation sites is 1. The van der Waals surface area contributed by atoms with E-state index in [0.717, 1.165) is 28.0 Å². The first-order valence-electron chi connectivity index (χ1n) is 11.5. The predicted molar refractivity (Wildman–Crippen MR) is 140 cm³/mol. The first-order chi connectivity index (χ1) is 16.8. The molecule has 1 unspecified atom stereocenters. The maximum atomic E-state index is 6.74. The van der Waals surface area contributed by atoms with Gasteiger partial charge in [0, 0.05) is 16.7 Å². The highest BCUT2D eigenvalue weighted by Crippen LogP contribution is 2.44. The second kappa shape index (κ2) is 8.43. The van der Waals surface area contributed by atoms with Gasteiger partial charge in [-0.15, -0.1) is 0 Å². The van der Waals surface area contributed by atoms with Crippen molar-refractivity contribution in [3.8, 4) is 17.6 Å². The van der Waals surface area contributed by atoms with E-state index >= 15 is 0 Å². The predicted octanol–water partition coefficient (Wildman–Crippen LogP) is 7.61. The Kier molecular flexibility index (Phi) is 4.98. The molecule has 0 spiro atoms. The molecule has 5 aromatic rings. The third-order valence-electron chi connectivity index (χ3n) is 6.24. The van der Waals surface area contributed by atoms with Crippen molar-refractivity contribution in [3.05, 3.63) is 156 Å². The fourth-order valence-electron chi connectivity index (χ4n) is 4.59. The van der Waals surface area contributed by atoms with Gasteiger partial charge in [-0.25, -0.2) is 0 Å². The number of ether oxygens (including phenoxy) is 1. The van der Waals surface area contributed by atoms with E-state index < -0.39 is 5.60 Å². The van der Waals surface area contributed by atoms with Crippen molar-refractivity contribution in [2.75, 3.05) is 0 Å². The van der Waals surface area contributed by atoms with E-state index in [1.807, 2.05) is 60.7 Å². The monoisotopic (exact) mass is 434 g/mol. The van der Waals surface area contributed by atoms with Crippen LogP contribution >= 0.6 is 0 Å². The van der Waals surface area contributed by atoms with Crippen LogP contribution in [0.5, 0.6) is 5.75 Å². The molecule has 1 nitrogen and oxygen atoms in total. The largest absolute Gasteiger partial charge is 0.466 e. The quantitative estimate of drug-likeness (QED) is 0.260. The van der Waals surface area contributed by atoms with Crippen molar-refractivity contribution in [2.45, 2.75) is 5.60 Å². The highest BCUT2D eigenvalue weighted by atomic mass is 16.5. The van der Waals surface area contributed by atoms with Crippen LogP contribution in [0.2, 0.25) is 0 Å². The Morgan fingerprint density at radius 2 is 1.21 bits per heavy atom. The lowest BCUT2D eigenvalue weighted by molar-refractivity contribution is 0.179. The van der Waals surface area contributed by atoms with Crippen LogP contribution in [0.3, 0.4) is 0 Å². The van der Waals surface area contributed by atoms with Gasteiger partial charge in [0.15, 0.2) is 0 Å². The van der Waals surface area contributed by atoms with Crippen LogP contribution in [0, 0.1) is 11.8 Å². The Labute approximate surface area is 200 Å². The van der Waals surface area contributed by atoms with E-state index in [1.54, 1.807) is 0 Å². The summed E-state index contributed by atoms with van der Waals surface area (Å²) in [7, 11) is 0. The third-order valence-corrected chi connectivity index (χ3v) is 6.24. The van der Waals surface area contributed by atoms with E-state index in [1.165, 1.54) is 16.3 Å². The van der Waals surface area contributed by atoms with Crippen molar-refractivity contribution >= 4 is 16.3 Å². The molecule has 1 heterocycles. The van der Waals surface area contributed by atoms with Gasteiger partial charge in [-0.3, -0.25) is 0 Å². The van der Waals surface area contributed by atoms with Gasteiger partial charge < -0.3 is 4.74 Å². The van der Waals surface area contributed by atoms with Crippen LogP contribution in [0.25, 0.3) is 16.3 Å². The molecule has 1 aliphatic rings. The van der Waals surface area contributed by atoms with Gasteiger partial charge in [0.2, 0.25) is 5.60 Å². The van der Waals surface area contributed by atoms with Crippen LogP contribution in [0.1, 0.15) is 22.3 Å². The molecule has 1 aliphatic heterocycles. The average molecular weight is 435 g/mol. The zero-order chi connectivity index (χ0) is 22.8. The molecule has 0 saturated heterocycles. The smallest absolute Gasteiger partial charge is 0.214 e. The van der Waals surface area contributed by atoms with Gasteiger partial charge in [0.05, 0.1) is 0 Å². The second-order valence-corrected chi connectivity index (χ2v) is 8.40. The summed E-state index contributed by atoms with van der Waals surface area (Å²) in [5.41, 5.74) is 4.43. The van der Waals surface area contributed by atoms with Crippen molar-refractivity contribution in [1.29, 1.82) is 0 Å². The zero-order valence-electron chi connectivity index (χ0n) is 18.6. The first-order valence-corrected chi connectivity index (χ1v) is 11.5. The molecule has 0 fully saturated rings. The van der Waals surface area contributed by atoms with Crippen molar-refractivity contribution in [1.82, 2.24) is 0 Å². The van der Waals surface area contributed by atoms with Crippen molar-refractivity contribution < 1.29 is 4.74 Å². The summed E-state index contributed by atoms with van der Waals surface area (Å²) >= 11 is 0. The summed E-state index contributed by atoms with van der Waals surface area (Å²) in [4.78, 5) is 0. The molecule has 6 rings (SSSR count). The molecule has 0 saturated carbocycles. The first kappa shape index (κ1) is 20.1. The highest BCUT2D eigenvalue weighted by molar-refractivity contribution is 5.99. The van der Waals surface area contributed by atoms with Gasteiger partial charge in [0.1, 0.15) is 5.75 Å². The highest BCUT2D eigenvalue weighted by Gasteiger charge is 2.36. The molecule has 5 aromatic carbocycles. The normalized spacial score (nSPS) is 16.5. The van der Waals surface area contributed by atoms with Gasteiger partial charge in [-0.2, -0.15) is 0 Å². The van der Waals surface area contributed by atoms with Gasteiger partial charge in [-0.05, 0) is 52.1 Å². The molecule has 34 heavy (non-hydrogen) atoms. The SMILES string of the molecule is C(#CC1(c2ccccc2)C=C(c2cccc3ccccc23)c2ccccc2O1)c1ccccc1. The topological polar surface area (TPSA) is 9.23 Å². The van der Waals surface area contributed by atoms with E-state index in [0.29, 0.717) is 0 Å². The lowest BCUT2D eigenvalue weighted by Gasteiger charge is -2.34. The summed E-state index contributed by atoms with van der Waals surface area (Å²) in [6, 6.07) is 43.6. The third kappa shape index (κ3) is 3.56. The number of fused-ring (bicyclic) bond motifs is 2. The van der Waals surface area contributed by atoms with E-state index in [4.69, 9.17) is 4.74 Å². The van der Waals surface area contributed by atoms with Gasteiger partial charge >= 0.3 is 0 Å². The molecule has 0 aromatic heterocycles. The zero-order valence-corrected chi connectivity index (χ0v) is 18.6. The van der Waals surface area contributed by atoms with E-state index in [2.05, 4.69) is 84.6 Å². The van der Waals surface area contributed by atoms with E-state index in [-0.39, 0.29) is 0 Å². The van der Waals surface area contributed by atoms with Crippen molar-refractivity contribution in [2.24, 2.45) is 0 Å². The maximum Gasteiger partial charge on any atom is 0.214 e. The summed E-state index contributed by atoms with van der Waals surface area (Å²) in [6.07, 6.45) is 2.20. The average Bonchev–Trinajstić information content (AvgIpc) is 2.92. The van der Waals surface area contributed by atoms with Crippen LogP contribution in [-0.2, 0) is 5.60 Å². The van der Waals surface area contributed by atoms with Crippen LogP contribution in [0.15, 0.2) is 133 Å². The Morgan fingerprint density at radius 1 is 0.559 bits per heavy atom. The molecule has 1 heteroatoms.